The number of alkyl halides is 3. The van der Waals surface area contributed by atoms with Gasteiger partial charge in [0, 0.05) is 5.69 Å². The average Bonchev–Trinajstić information content (AvgIpc) is 2.76. The van der Waals surface area contributed by atoms with Gasteiger partial charge in [0.15, 0.2) is 6.61 Å². The number of nitrogens with one attached hydrogen (secondary N) is 1. The quantitative estimate of drug-likeness (QED) is 0.454. The van der Waals surface area contributed by atoms with Crippen LogP contribution < -0.4 is 14.4 Å². The third-order valence-electron chi connectivity index (χ3n) is 4.61. The molecule has 0 aliphatic heterocycles. The molecule has 0 fully saturated rings. The average molecular weight is 496 g/mol. The zero-order valence-electron chi connectivity index (χ0n) is 17.8. The van der Waals surface area contributed by atoms with E-state index in [9.17, 15) is 30.8 Å². The molecule has 0 saturated heterocycles. The molecule has 0 aliphatic rings. The Balaban J connectivity index is 1.63. The number of anilines is 2. The molecule has 11 heteroatoms. The number of rotatable bonds is 8. The van der Waals surface area contributed by atoms with E-state index in [2.05, 4.69) is 5.32 Å². The zero-order chi connectivity index (χ0) is 24.9. The highest BCUT2D eigenvalue weighted by Crippen LogP contribution is 2.30. The number of hydrogen-bond acceptors (Lipinski definition) is 4. The summed E-state index contributed by atoms with van der Waals surface area (Å²) in [6.45, 7) is -0.486. The van der Waals surface area contributed by atoms with Crippen molar-refractivity contribution in [2.24, 2.45) is 0 Å². The Kier molecular flexibility index (Phi) is 7.45. The van der Waals surface area contributed by atoms with Crippen LogP contribution in [0, 0.1) is 5.82 Å². The Bertz CT molecular complexity index is 1250. The molecule has 1 amide bonds. The van der Waals surface area contributed by atoms with Gasteiger partial charge in [0.05, 0.1) is 24.1 Å². The normalized spacial score (nSPS) is 11.7. The van der Waals surface area contributed by atoms with E-state index in [0.717, 1.165) is 22.7 Å². The van der Waals surface area contributed by atoms with Crippen molar-refractivity contribution >= 4 is 27.3 Å². The van der Waals surface area contributed by atoms with Crippen LogP contribution in [0.5, 0.6) is 5.75 Å². The first-order valence-electron chi connectivity index (χ1n) is 9.84. The lowest BCUT2D eigenvalue weighted by atomic mass is 10.2. The molecule has 0 heterocycles. The number of hydrogen-bond donors (Lipinski definition) is 1. The van der Waals surface area contributed by atoms with Crippen molar-refractivity contribution in [3.8, 4) is 5.75 Å². The summed E-state index contributed by atoms with van der Waals surface area (Å²) in [5, 5.41) is 2.33. The molecule has 0 radical (unpaired) electrons. The number of carbonyl (C=O) groups excluding carboxylic acids is 1. The summed E-state index contributed by atoms with van der Waals surface area (Å²) in [7, 11) is -3.66. The second-order valence-corrected chi connectivity index (χ2v) is 9.21. The molecule has 0 atom stereocenters. The van der Waals surface area contributed by atoms with Crippen molar-refractivity contribution < 1.29 is 35.5 Å². The highest BCUT2D eigenvalue weighted by molar-refractivity contribution is 7.92. The highest BCUT2D eigenvalue weighted by Gasteiger charge is 2.30. The smallest absolute Gasteiger partial charge is 0.416 e. The number of nitrogens with zero attached hydrogens (tertiary/aromatic N) is 1. The van der Waals surface area contributed by atoms with Gasteiger partial charge in [-0.2, -0.15) is 13.2 Å². The van der Waals surface area contributed by atoms with Crippen molar-refractivity contribution in [3.05, 3.63) is 89.7 Å². The Morgan fingerprint density at radius 2 is 1.65 bits per heavy atom. The van der Waals surface area contributed by atoms with E-state index in [-0.39, 0.29) is 18.0 Å². The van der Waals surface area contributed by atoms with E-state index in [4.69, 9.17) is 4.74 Å². The van der Waals surface area contributed by atoms with Crippen LogP contribution in [0.2, 0.25) is 0 Å². The molecule has 0 bridgehead atoms. The van der Waals surface area contributed by atoms with E-state index in [1.165, 1.54) is 60.7 Å². The van der Waals surface area contributed by atoms with Gasteiger partial charge in [-0.15, -0.1) is 0 Å². The number of carbonyl (C=O) groups is 1. The number of halogens is 4. The molecule has 0 aliphatic carbocycles. The van der Waals surface area contributed by atoms with E-state index in [0.29, 0.717) is 11.3 Å². The third-order valence-corrected chi connectivity index (χ3v) is 5.75. The molecule has 3 rings (SSSR count). The van der Waals surface area contributed by atoms with Gasteiger partial charge in [-0.3, -0.25) is 9.10 Å². The molecule has 1 N–H and O–H groups in total. The third kappa shape index (κ3) is 6.95. The number of sulfonamides is 1. The SMILES string of the molecule is CS(=O)(=O)N(Cc1ccc(F)cc1)c1ccc(OCC(=O)Nc2cccc(C(F)(F)F)c2)cc1. The van der Waals surface area contributed by atoms with Crippen LogP contribution in [0.15, 0.2) is 72.8 Å². The Morgan fingerprint density at radius 1 is 1.00 bits per heavy atom. The van der Waals surface area contributed by atoms with Crippen LogP contribution >= 0.6 is 0 Å². The lowest BCUT2D eigenvalue weighted by molar-refractivity contribution is -0.137. The van der Waals surface area contributed by atoms with Crippen LogP contribution in [0.3, 0.4) is 0 Å². The fourth-order valence-electron chi connectivity index (χ4n) is 2.98. The van der Waals surface area contributed by atoms with E-state index in [1.54, 1.807) is 0 Å². The van der Waals surface area contributed by atoms with Crippen LogP contribution in [0.4, 0.5) is 28.9 Å². The molecule has 3 aromatic carbocycles. The lowest BCUT2D eigenvalue weighted by Gasteiger charge is -2.22. The molecular weight excluding hydrogens is 476 g/mol. The molecule has 6 nitrogen and oxygen atoms in total. The summed E-state index contributed by atoms with van der Waals surface area (Å²) in [6, 6.07) is 15.5. The maximum atomic E-state index is 13.1. The number of amides is 1. The van der Waals surface area contributed by atoms with Crippen molar-refractivity contribution in [1.29, 1.82) is 0 Å². The van der Waals surface area contributed by atoms with Gasteiger partial charge in [-0.1, -0.05) is 18.2 Å². The van der Waals surface area contributed by atoms with Crippen LogP contribution in [-0.4, -0.2) is 27.2 Å². The van der Waals surface area contributed by atoms with Crippen molar-refractivity contribution in [1.82, 2.24) is 0 Å². The predicted octanol–water partition coefficient (Wildman–Crippen LogP) is 4.83. The van der Waals surface area contributed by atoms with Gasteiger partial charge < -0.3 is 10.1 Å². The Morgan fingerprint density at radius 3 is 2.24 bits per heavy atom. The molecule has 0 spiro atoms. The van der Waals surface area contributed by atoms with Crippen molar-refractivity contribution in [2.45, 2.75) is 12.7 Å². The zero-order valence-corrected chi connectivity index (χ0v) is 18.7. The Labute approximate surface area is 193 Å². The molecule has 180 valence electrons. The molecule has 3 aromatic rings. The lowest BCUT2D eigenvalue weighted by Crippen LogP contribution is -2.29. The van der Waals surface area contributed by atoms with E-state index in [1.807, 2.05) is 0 Å². The van der Waals surface area contributed by atoms with E-state index < -0.39 is 40.1 Å². The number of ether oxygens (including phenoxy) is 1. The van der Waals surface area contributed by atoms with Gasteiger partial charge in [0.1, 0.15) is 11.6 Å². The van der Waals surface area contributed by atoms with Crippen molar-refractivity contribution in [3.63, 3.8) is 0 Å². The maximum Gasteiger partial charge on any atom is 0.416 e. The van der Waals surface area contributed by atoms with Gasteiger partial charge >= 0.3 is 6.18 Å². The topological polar surface area (TPSA) is 75.7 Å². The molecule has 34 heavy (non-hydrogen) atoms. The monoisotopic (exact) mass is 496 g/mol. The fraction of sp³-hybridized carbons (Fsp3) is 0.174. The van der Waals surface area contributed by atoms with Crippen LogP contribution in [-0.2, 0) is 27.5 Å². The minimum atomic E-state index is -4.53. The van der Waals surface area contributed by atoms with Crippen LogP contribution in [0.1, 0.15) is 11.1 Å². The fourth-order valence-corrected chi connectivity index (χ4v) is 3.87. The highest BCUT2D eigenvalue weighted by atomic mass is 32.2. The Hall–Kier alpha value is -3.60. The number of benzene rings is 3. The first-order chi connectivity index (χ1) is 15.9. The molecule has 0 aromatic heterocycles. The largest absolute Gasteiger partial charge is 0.484 e. The summed E-state index contributed by atoms with van der Waals surface area (Å²) >= 11 is 0. The minimum absolute atomic E-state index is 0.0152. The standard InChI is InChI=1S/C23H20F4N2O4S/c1-34(31,32)29(14-16-5-7-18(24)8-6-16)20-9-11-21(12-10-20)33-15-22(30)28-19-4-2-3-17(13-19)23(25,26)27/h2-13H,14-15H2,1H3,(H,28,30). The maximum absolute atomic E-state index is 13.1. The summed E-state index contributed by atoms with van der Waals surface area (Å²) < 4.78 is 82.5. The van der Waals surface area contributed by atoms with Crippen LogP contribution in [0.25, 0.3) is 0 Å². The summed E-state index contributed by atoms with van der Waals surface area (Å²) in [5.74, 6) is -0.858. The van der Waals surface area contributed by atoms with Gasteiger partial charge in [-0.25, -0.2) is 12.8 Å². The van der Waals surface area contributed by atoms with Crippen molar-refractivity contribution in [2.75, 3.05) is 22.5 Å². The molecular formula is C23H20F4N2O4S. The first kappa shape index (κ1) is 25.0. The second kappa shape index (κ2) is 10.1. The first-order valence-corrected chi connectivity index (χ1v) is 11.7. The van der Waals surface area contributed by atoms with Gasteiger partial charge in [0.2, 0.25) is 10.0 Å². The molecule has 0 saturated carbocycles. The van der Waals surface area contributed by atoms with Gasteiger partial charge in [-0.05, 0) is 60.2 Å². The predicted molar refractivity (Wildman–Crippen MR) is 119 cm³/mol. The van der Waals surface area contributed by atoms with Gasteiger partial charge in [0.25, 0.3) is 5.91 Å². The molecule has 0 unspecified atom stereocenters. The second-order valence-electron chi connectivity index (χ2n) is 7.31. The van der Waals surface area contributed by atoms with E-state index >= 15 is 0 Å². The minimum Gasteiger partial charge on any atom is -0.484 e. The summed E-state index contributed by atoms with van der Waals surface area (Å²) in [4.78, 5) is 12.0. The summed E-state index contributed by atoms with van der Waals surface area (Å²) in [6.07, 6.45) is -3.49. The summed E-state index contributed by atoms with van der Waals surface area (Å²) in [5.41, 5.74) is -0.00718.